The molecule has 4 spiro atoms. The van der Waals surface area contributed by atoms with Gasteiger partial charge in [0.2, 0.25) is 0 Å². The normalized spacial score (nSPS) is 22.0. The van der Waals surface area contributed by atoms with Crippen LogP contribution in [-0.4, -0.2) is 42.6 Å². The SMILES string of the molecule is O=C1C(=Cc2cc3c(s2)-c2cc4c(cc2C32CCCCC2)-c2sc(C=C3C(=O)c5cc6cc7ccccc7cc6cc5C3=O)cc2C42CCC(C3CCC4(CC3)c3cc5c(cc3-c3sc(C=C6C(=S)c7ccccc7C6=S)cc34)C3(CCCCC3)c3cc(C=C4C(=S)c6ccccc6C4=S)sc3-5)CC2)C(=O)c2cc3cc4ccccc4cc3cc21. The number of thiocarbonyl (C=S) groups is 4. The fraction of sp³-hybridized carbons (Fsp3) is 0.222. The van der Waals surface area contributed by atoms with Crippen LogP contribution < -0.4 is 0 Å². The van der Waals surface area contributed by atoms with Gasteiger partial charge in [-0.2, -0.15) is 0 Å². The summed E-state index contributed by atoms with van der Waals surface area (Å²) in [6.45, 7) is 0. The first-order valence-corrected chi connectivity index (χ1v) is 47.8. The summed E-state index contributed by atoms with van der Waals surface area (Å²) in [6.07, 6.45) is 28.5. The number of rotatable bonds is 5. The molecule has 12 aliphatic carbocycles. The molecule has 4 nitrogen and oxygen atoms in total. The van der Waals surface area contributed by atoms with E-state index in [4.69, 9.17) is 48.9 Å². The Kier molecular flexibility index (Phi) is 15.4. The molecule has 10 aromatic carbocycles. The highest BCUT2D eigenvalue weighted by molar-refractivity contribution is 7.84. The first kappa shape index (κ1) is 71.7. The number of Topliss-reactive ketones (excluding diaryl/α,β-unsaturated/α-hetero) is 4. The van der Waals surface area contributed by atoms with Crippen LogP contribution in [0.15, 0.2) is 216 Å². The Morgan fingerprint density at radius 3 is 0.750 bits per heavy atom. The van der Waals surface area contributed by atoms with Crippen molar-refractivity contribution in [2.24, 2.45) is 11.8 Å². The van der Waals surface area contributed by atoms with Crippen LogP contribution in [0.1, 0.15) is 243 Å². The molecule has 0 saturated heterocycles. The summed E-state index contributed by atoms with van der Waals surface area (Å²) in [5.41, 5.74) is 24.9. The molecule has 4 fully saturated rings. The number of ketones is 4. The van der Waals surface area contributed by atoms with Crippen molar-refractivity contribution in [1.29, 1.82) is 0 Å². The van der Waals surface area contributed by atoms with Crippen molar-refractivity contribution in [3.8, 4) is 41.8 Å². The maximum atomic E-state index is 14.9. The zero-order valence-corrected chi connectivity index (χ0v) is 72.1. The molecule has 26 rings (SSSR count). The highest BCUT2D eigenvalue weighted by Crippen LogP contribution is 2.69. The van der Waals surface area contributed by atoms with Crippen LogP contribution in [0.4, 0.5) is 0 Å². The summed E-state index contributed by atoms with van der Waals surface area (Å²) >= 11 is 32.4. The van der Waals surface area contributed by atoms with Gasteiger partial charge in [0.1, 0.15) is 0 Å². The molecular weight excluding hydrogens is 1620 g/mol. The molecule has 0 N–H and O–H groups in total. The predicted octanol–water partition coefficient (Wildman–Crippen LogP) is 28.6. The van der Waals surface area contributed by atoms with Gasteiger partial charge in [-0.25, -0.2) is 0 Å². The van der Waals surface area contributed by atoms with Crippen molar-refractivity contribution in [3.05, 3.63) is 325 Å². The smallest absolute Gasteiger partial charge is 0.197 e. The van der Waals surface area contributed by atoms with Crippen LogP contribution >= 0.6 is 94.2 Å². The number of fused-ring (bicyclic) bond motifs is 28. The van der Waals surface area contributed by atoms with Crippen molar-refractivity contribution in [2.45, 2.75) is 137 Å². The highest BCUT2D eigenvalue weighted by atomic mass is 32.1. The number of hydrogen-bond acceptors (Lipinski definition) is 12. The quantitative estimate of drug-likeness (QED) is 0.0731. The topological polar surface area (TPSA) is 68.3 Å². The summed E-state index contributed by atoms with van der Waals surface area (Å²) in [6, 6.07) is 70.1. The van der Waals surface area contributed by atoms with Gasteiger partial charge >= 0.3 is 0 Å². The number of carbonyl (C=O) groups is 4. The number of allylic oxidation sites excluding steroid dienone is 4. The number of benzene rings is 10. The molecule has 120 heavy (non-hydrogen) atoms. The van der Waals surface area contributed by atoms with Gasteiger partial charge in [-0.1, -0.05) is 184 Å². The summed E-state index contributed by atoms with van der Waals surface area (Å²) in [4.78, 5) is 72.3. The summed E-state index contributed by atoms with van der Waals surface area (Å²) < 4.78 is 0. The van der Waals surface area contributed by atoms with E-state index in [1.54, 1.807) is 22.7 Å². The second-order valence-electron chi connectivity index (χ2n) is 36.4. The molecule has 14 aromatic rings. The maximum absolute atomic E-state index is 14.9. The Morgan fingerprint density at radius 1 is 0.242 bits per heavy atom. The maximum Gasteiger partial charge on any atom is 0.197 e. The van der Waals surface area contributed by atoms with Crippen LogP contribution in [0, 0.1) is 11.8 Å². The van der Waals surface area contributed by atoms with Crippen LogP contribution in [0.5, 0.6) is 0 Å². The molecule has 0 unspecified atom stereocenters. The summed E-state index contributed by atoms with van der Waals surface area (Å²) in [5, 5.41) is 8.23. The fourth-order valence-electron chi connectivity index (χ4n) is 25.1. The third-order valence-corrected chi connectivity index (χ3v) is 37.1. The van der Waals surface area contributed by atoms with Crippen LogP contribution in [0.2, 0.25) is 0 Å². The Morgan fingerprint density at radius 2 is 0.483 bits per heavy atom. The van der Waals surface area contributed by atoms with Crippen molar-refractivity contribution >= 4 is 204 Å². The second kappa shape index (κ2) is 25.8. The fourth-order valence-corrected chi connectivity index (χ4v) is 31.5. The van der Waals surface area contributed by atoms with E-state index in [0.717, 1.165) is 196 Å². The third kappa shape index (κ3) is 9.88. The minimum Gasteiger partial charge on any atom is -0.288 e. The van der Waals surface area contributed by atoms with Crippen molar-refractivity contribution in [3.63, 3.8) is 0 Å². The molecule has 4 heterocycles. The van der Waals surface area contributed by atoms with E-state index in [2.05, 4.69) is 158 Å². The van der Waals surface area contributed by atoms with Crippen molar-refractivity contribution in [2.75, 3.05) is 0 Å². The first-order chi connectivity index (χ1) is 58.6. The standard InChI is InChI=1S/C108H74O4S8/c109-93-73-39-61-35-57-15-3-4-16-58(57)36-62(61)40-74(73)94(110)81(93)43-65-47-89-101(117-65)77-53-87-79(51-85(77)105(89)27-11-1-12-28-105)103-91(48-66(118-103)44-82-95(111)75-41-63-37-59-17-5-6-18-60(59)38-64(63)42-76(75)96(82)112)107(87)31-23-55(24-32-107)56-25-33-108(34-26-56)88-54-78-86(52-80(88)104-92(108)50-68(120-104)46-84-99(115)71-21-9-10-22-72(71)100(84)116)106(29-13-2-14-30-106)90-49-67(119-102(78)90)45-83-97(113)69-19-7-8-20-70(69)98(83)114/h3-10,15-22,35-56H,1-2,11-14,23-34H2. The lowest BCUT2D eigenvalue weighted by molar-refractivity contribution is 0.0975. The van der Waals surface area contributed by atoms with Crippen LogP contribution in [0.3, 0.4) is 0 Å². The van der Waals surface area contributed by atoms with E-state index in [9.17, 15) is 19.2 Å². The lowest BCUT2D eigenvalue weighted by atomic mass is 9.58. The molecule has 12 heteroatoms. The van der Waals surface area contributed by atoms with E-state index in [1.165, 1.54) is 122 Å². The van der Waals surface area contributed by atoms with E-state index in [0.29, 0.717) is 34.1 Å². The van der Waals surface area contributed by atoms with E-state index >= 15 is 0 Å². The van der Waals surface area contributed by atoms with E-state index in [1.807, 2.05) is 83.4 Å². The molecule has 0 radical (unpaired) electrons. The monoisotopic (exact) mass is 1690 g/mol. The molecule has 0 atom stereocenters. The highest BCUT2D eigenvalue weighted by Gasteiger charge is 2.56. The number of carbonyl (C=O) groups excluding carboxylic acids is 4. The molecule has 0 amide bonds. The number of thiophene rings is 4. The Hall–Kier alpha value is -9.96. The second-order valence-corrected chi connectivity index (χ2v) is 42.4. The minimum absolute atomic E-state index is 0.0589. The van der Waals surface area contributed by atoms with Gasteiger partial charge in [-0.15, -0.1) is 45.3 Å². The average Bonchev–Trinajstić information content (AvgIpc) is 1.52. The summed E-state index contributed by atoms with van der Waals surface area (Å²) in [7, 11) is 0. The van der Waals surface area contributed by atoms with Gasteiger partial charge in [0.05, 0.1) is 30.6 Å². The minimum atomic E-state index is -0.306. The van der Waals surface area contributed by atoms with E-state index < -0.39 is 0 Å². The molecule has 0 bridgehead atoms. The Bertz CT molecular complexity index is 7210. The van der Waals surface area contributed by atoms with Crippen LogP contribution in [0.25, 0.3) is 109 Å². The zero-order chi connectivity index (χ0) is 79.9. The molecule has 12 aliphatic rings. The van der Waals surface area contributed by atoms with Gasteiger partial charge in [0.15, 0.2) is 23.1 Å². The first-order valence-electron chi connectivity index (χ1n) is 42.9. The molecular formula is C108H74O4S8. The lowest BCUT2D eigenvalue weighted by Gasteiger charge is -2.45. The lowest BCUT2D eigenvalue weighted by Crippen LogP contribution is -2.37. The third-order valence-electron chi connectivity index (χ3n) is 30.9. The van der Waals surface area contributed by atoms with Gasteiger partial charge in [-0.3, -0.25) is 19.2 Å². The zero-order valence-electron chi connectivity index (χ0n) is 65.6. The molecule has 4 aromatic heterocycles. The van der Waals surface area contributed by atoms with Gasteiger partial charge in [-0.05, 0) is 320 Å². The van der Waals surface area contributed by atoms with Crippen molar-refractivity contribution in [1.82, 2.24) is 0 Å². The molecule has 0 aliphatic heterocycles. The number of hydrogen-bond donors (Lipinski definition) is 0. The van der Waals surface area contributed by atoms with Gasteiger partial charge in [0, 0.05) is 116 Å². The predicted molar refractivity (Wildman–Crippen MR) is 511 cm³/mol. The van der Waals surface area contributed by atoms with E-state index in [-0.39, 0.29) is 55.9 Å². The molecule has 578 valence electrons. The van der Waals surface area contributed by atoms with Crippen molar-refractivity contribution < 1.29 is 19.2 Å². The largest absolute Gasteiger partial charge is 0.288 e. The summed E-state index contributed by atoms with van der Waals surface area (Å²) in [5.74, 6) is 0.272. The average molecular weight is 1690 g/mol. The van der Waals surface area contributed by atoms with Gasteiger partial charge < -0.3 is 0 Å². The van der Waals surface area contributed by atoms with Crippen LogP contribution in [-0.2, 0) is 21.7 Å². The molecule has 4 saturated carbocycles. The van der Waals surface area contributed by atoms with Gasteiger partial charge in [0.25, 0.3) is 0 Å². The Balaban J connectivity index is 0.564. The Labute approximate surface area is 732 Å².